The first kappa shape index (κ1) is 30.8. The molecule has 0 aliphatic rings. The minimum Gasteiger partial charge on any atom is -0.504 e. The fourth-order valence-corrected chi connectivity index (χ4v) is 7.70. The molecule has 52 heavy (non-hydrogen) atoms. The first-order valence-corrected chi connectivity index (χ1v) is 16.6. The molecule has 0 bridgehead atoms. The van der Waals surface area contributed by atoms with Crippen molar-refractivity contribution in [3.63, 3.8) is 0 Å². The number of thiophene rings is 1. The van der Waals surface area contributed by atoms with E-state index in [1.54, 1.807) is 18.2 Å². The lowest BCUT2D eigenvalue weighted by atomic mass is 10.1. The Balaban J connectivity index is 1.30. The molecule has 254 valence electrons. The lowest BCUT2D eigenvalue weighted by molar-refractivity contribution is 0.350. The molecule has 13 heteroatoms. The maximum absolute atomic E-state index is 11.1. The molecule has 0 aliphatic carbocycles. The van der Waals surface area contributed by atoms with Gasteiger partial charge in [-0.25, -0.2) is 15.0 Å². The molecule has 9 rings (SSSR count). The van der Waals surface area contributed by atoms with Crippen molar-refractivity contribution in [2.45, 2.75) is 0 Å². The summed E-state index contributed by atoms with van der Waals surface area (Å²) in [4.78, 5) is 14.5. The van der Waals surface area contributed by atoms with E-state index < -0.39 is 56.8 Å². The van der Waals surface area contributed by atoms with Crippen molar-refractivity contribution in [2.24, 2.45) is 0 Å². The van der Waals surface area contributed by atoms with E-state index in [1.807, 2.05) is 78.9 Å². The van der Waals surface area contributed by atoms with Gasteiger partial charge in [0.2, 0.25) is 23.0 Å². The quantitative estimate of drug-likeness (QED) is 0.0650. The van der Waals surface area contributed by atoms with Crippen LogP contribution in [0.15, 0.2) is 97.1 Å². The third-order valence-electron chi connectivity index (χ3n) is 9.11. The van der Waals surface area contributed by atoms with Gasteiger partial charge in [0.25, 0.3) is 0 Å². The lowest BCUT2D eigenvalue weighted by Gasteiger charge is -2.12. The van der Waals surface area contributed by atoms with Gasteiger partial charge in [-0.3, -0.25) is 0 Å². The molecule has 3 aromatic heterocycles. The van der Waals surface area contributed by atoms with Crippen molar-refractivity contribution in [3.05, 3.63) is 97.1 Å². The van der Waals surface area contributed by atoms with Crippen molar-refractivity contribution in [3.8, 4) is 85.8 Å². The second-order valence-electron chi connectivity index (χ2n) is 12.1. The first-order valence-electron chi connectivity index (χ1n) is 15.8. The normalized spacial score (nSPS) is 11.7. The van der Waals surface area contributed by atoms with Crippen LogP contribution in [0.1, 0.15) is 0 Å². The van der Waals surface area contributed by atoms with Crippen molar-refractivity contribution >= 4 is 53.3 Å². The highest BCUT2D eigenvalue weighted by atomic mass is 32.1. The standard InChI is InChI=1S/C39H24N4O8S/c44-29-25-26-28(32(47)36(51)34(49)30(26)45)43(27(25)31(46)35(50)33(29)48)20-12-14-24-22(16-20)21-15-19(11-13-23(21)52-24)39-41-37(17-7-3-1-4-8-17)40-38(42-39)18-9-5-2-6-10-18/h1-16,44-51H. The molecule has 0 fully saturated rings. The Kier molecular flexibility index (Phi) is 6.59. The molecule has 12 nitrogen and oxygen atoms in total. The highest BCUT2D eigenvalue weighted by Gasteiger charge is 2.32. The Hall–Kier alpha value is -7.25. The van der Waals surface area contributed by atoms with Crippen molar-refractivity contribution in [2.75, 3.05) is 0 Å². The summed E-state index contributed by atoms with van der Waals surface area (Å²) in [6.45, 7) is 0. The fraction of sp³-hybridized carbons (Fsp3) is 0. The summed E-state index contributed by atoms with van der Waals surface area (Å²) in [5.74, 6) is -6.52. The topological polar surface area (TPSA) is 205 Å². The van der Waals surface area contributed by atoms with Gasteiger partial charge in [-0.15, -0.1) is 11.3 Å². The Labute approximate surface area is 295 Å². The van der Waals surface area contributed by atoms with E-state index >= 15 is 0 Å². The molecule has 0 unspecified atom stereocenters. The minimum absolute atomic E-state index is 0.259. The third kappa shape index (κ3) is 4.36. The van der Waals surface area contributed by atoms with Crippen molar-refractivity contribution in [1.29, 1.82) is 0 Å². The number of nitrogens with zero attached hydrogens (tertiary/aromatic N) is 4. The number of aromatic nitrogens is 4. The zero-order valence-electron chi connectivity index (χ0n) is 26.5. The number of phenolic OH excluding ortho intramolecular Hbond substituents is 8. The van der Waals surface area contributed by atoms with Crippen LogP contribution in [-0.4, -0.2) is 60.4 Å². The van der Waals surface area contributed by atoms with Gasteiger partial charge in [-0.2, -0.15) is 0 Å². The van der Waals surface area contributed by atoms with Crippen LogP contribution in [0.4, 0.5) is 0 Å². The van der Waals surface area contributed by atoms with E-state index in [4.69, 9.17) is 15.0 Å². The number of rotatable bonds is 4. The van der Waals surface area contributed by atoms with E-state index in [9.17, 15) is 40.9 Å². The van der Waals surface area contributed by atoms with E-state index in [2.05, 4.69) is 0 Å². The molecule has 0 aliphatic heterocycles. The minimum atomic E-state index is -1.09. The van der Waals surface area contributed by atoms with Gasteiger partial charge in [-0.1, -0.05) is 60.7 Å². The summed E-state index contributed by atoms with van der Waals surface area (Å²) in [6, 6.07) is 30.2. The number of phenols is 8. The van der Waals surface area contributed by atoms with Crippen LogP contribution in [-0.2, 0) is 0 Å². The Morgan fingerprint density at radius 2 is 0.827 bits per heavy atom. The summed E-state index contributed by atoms with van der Waals surface area (Å²) in [5, 5.41) is 86.6. The molecular formula is C39H24N4O8S. The molecule has 6 aromatic carbocycles. The molecule has 9 aromatic rings. The van der Waals surface area contributed by atoms with E-state index in [1.165, 1.54) is 15.9 Å². The largest absolute Gasteiger partial charge is 0.504 e. The summed E-state index contributed by atoms with van der Waals surface area (Å²) < 4.78 is 2.98. The van der Waals surface area contributed by atoms with Crippen LogP contribution in [0.2, 0.25) is 0 Å². The predicted molar refractivity (Wildman–Crippen MR) is 197 cm³/mol. The van der Waals surface area contributed by atoms with Gasteiger partial charge >= 0.3 is 0 Å². The average Bonchev–Trinajstić information content (AvgIpc) is 3.74. The smallest absolute Gasteiger partial charge is 0.206 e. The lowest BCUT2D eigenvalue weighted by Crippen LogP contribution is -2.00. The average molecular weight is 709 g/mol. The van der Waals surface area contributed by atoms with Crippen LogP contribution < -0.4 is 0 Å². The monoisotopic (exact) mass is 708 g/mol. The van der Waals surface area contributed by atoms with Crippen LogP contribution in [0.3, 0.4) is 0 Å². The van der Waals surface area contributed by atoms with E-state index in [0.29, 0.717) is 23.0 Å². The zero-order valence-corrected chi connectivity index (χ0v) is 27.3. The first-order chi connectivity index (χ1) is 25.1. The number of fused-ring (bicyclic) bond motifs is 6. The van der Waals surface area contributed by atoms with Crippen LogP contribution >= 0.6 is 11.3 Å². The summed E-state index contributed by atoms with van der Waals surface area (Å²) >= 11 is 1.51. The summed E-state index contributed by atoms with van der Waals surface area (Å²) in [6.07, 6.45) is 0. The molecule has 8 N–H and O–H groups in total. The zero-order chi connectivity index (χ0) is 36.0. The second kappa shape index (κ2) is 11.1. The fourth-order valence-electron chi connectivity index (χ4n) is 6.63. The van der Waals surface area contributed by atoms with Gasteiger partial charge in [0.05, 0.1) is 10.8 Å². The maximum atomic E-state index is 11.1. The highest BCUT2D eigenvalue weighted by molar-refractivity contribution is 7.25. The molecule has 0 spiro atoms. The van der Waals surface area contributed by atoms with Crippen molar-refractivity contribution < 1.29 is 40.9 Å². The van der Waals surface area contributed by atoms with Gasteiger partial charge in [0.15, 0.2) is 40.5 Å². The molecule has 0 atom stereocenters. The highest BCUT2D eigenvalue weighted by Crippen LogP contribution is 2.59. The molecule has 0 radical (unpaired) electrons. The van der Waals surface area contributed by atoms with Crippen molar-refractivity contribution in [1.82, 2.24) is 19.5 Å². The van der Waals surface area contributed by atoms with Crippen LogP contribution in [0, 0.1) is 0 Å². The van der Waals surface area contributed by atoms with Gasteiger partial charge in [-0.05, 0) is 36.4 Å². The van der Waals surface area contributed by atoms with Gasteiger partial charge in [0, 0.05) is 42.6 Å². The van der Waals surface area contributed by atoms with Crippen LogP contribution in [0.5, 0.6) is 46.0 Å². The van der Waals surface area contributed by atoms with E-state index in [0.717, 1.165) is 31.3 Å². The summed E-state index contributed by atoms with van der Waals surface area (Å²) in [5.41, 5.74) is 1.95. The number of hydrogen-bond donors (Lipinski definition) is 8. The third-order valence-corrected chi connectivity index (χ3v) is 10.3. The Morgan fingerprint density at radius 3 is 1.33 bits per heavy atom. The number of aromatic hydroxyl groups is 8. The molecule has 3 heterocycles. The number of benzene rings is 6. The second-order valence-corrected chi connectivity index (χ2v) is 13.2. The maximum Gasteiger partial charge on any atom is 0.206 e. The predicted octanol–water partition coefficient (Wildman–Crippen LogP) is 7.98. The summed E-state index contributed by atoms with van der Waals surface area (Å²) in [7, 11) is 0. The Bertz CT molecular complexity index is 2810. The van der Waals surface area contributed by atoms with Gasteiger partial charge in [0.1, 0.15) is 11.0 Å². The molecule has 0 amide bonds. The van der Waals surface area contributed by atoms with E-state index in [-0.39, 0.29) is 16.7 Å². The number of hydrogen-bond acceptors (Lipinski definition) is 12. The van der Waals surface area contributed by atoms with Gasteiger partial charge < -0.3 is 45.4 Å². The Morgan fingerprint density at radius 1 is 0.404 bits per heavy atom. The molecule has 0 saturated carbocycles. The van der Waals surface area contributed by atoms with Crippen LogP contribution in [0.25, 0.3) is 81.8 Å². The molecule has 0 saturated heterocycles. The SMILES string of the molecule is Oc1c(O)c(O)c2c(c1O)c1c(O)c(O)c(O)c(O)c1n2-c1ccc2sc3ccc(-c4nc(-c5ccccc5)nc(-c5ccccc5)n4)cc3c2c1. The molecular weight excluding hydrogens is 685 g/mol.